The lowest BCUT2D eigenvalue weighted by Crippen LogP contribution is -2.49. The maximum Gasteiger partial charge on any atom is 0.243 e. The van der Waals surface area contributed by atoms with Crippen LogP contribution in [0.3, 0.4) is 0 Å². The fourth-order valence-corrected chi connectivity index (χ4v) is 4.39. The van der Waals surface area contributed by atoms with Gasteiger partial charge in [-0.2, -0.15) is 0 Å². The number of sulfonamides is 1. The minimum atomic E-state index is -3.60. The van der Waals surface area contributed by atoms with Crippen molar-refractivity contribution in [3.63, 3.8) is 0 Å². The van der Waals surface area contributed by atoms with Crippen molar-refractivity contribution in [3.8, 4) is 5.75 Å². The number of benzene rings is 2. The first-order valence-corrected chi connectivity index (χ1v) is 11.8. The number of amides is 1. The molecular formula is C22H30N2O4S. The second-order valence-electron chi connectivity index (χ2n) is 6.79. The number of nitrogens with zero attached hydrogens (tertiary/aromatic N) is 1. The zero-order chi connectivity index (χ0) is 21.3. The van der Waals surface area contributed by atoms with Gasteiger partial charge in [0.25, 0.3) is 0 Å². The highest BCUT2D eigenvalue weighted by Crippen LogP contribution is 2.22. The maximum absolute atomic E-state index is 12.7. The van der Waals surface area contributed by atoms with Crippen LogP contribution in [0.15, 0.2) is 54.6 Å². The molecule has 0 aliphatic carbocycles. The monoisotopic (exact) mass is 418 g/mol. The van der Waals surface area contributed by atoms with Gasteiger partial charge < -0.3 is 10.1 Å². The third kappa shape index (κ3) is 6.78. The zero-order valence-corrected chi connectivity index (χ0v) is 18.1. The number of ether oxygens (including phenoxy) is 1. The van der Waals surface area contributed by atoms with Crippen molar-refractivity contribution in [1.82, 2.24) is 5.32 Å². The molecule has 1 unspecified atom stereocenters. The molecule has 1 atom stereocenters. The third-order valence-corrected chi connectivity index (χ3v) is 5.70. The third-order valence-electron chi connectivity index (χ3n) is 4.52. The van der Waals surface area contributed by atoms with Gasteiger partial charge >= 0.3 is 0 Å². The van der Waals surface area contributed by atoms with Gasteiger partial charge in [-0.15, -0.1) is 0 Å². The summed E-state index contributed by atoms with van der Waals surface area (Å²) in [5, 5.41) is 2.89. The van der Waals surface area contributed by atoms with Crippen molar-refractivity contribution in [3.05, 3.63) is 60.2 Å². The lowest BCUT2D eigenvalue weighted by Gasteiger charge is -2.30. The number of hydrogen-bond donors (Lipinski definition) is 1. The molecule has 0 heterocycles. The lowest BCUT2D eigenvalue weighted by atomic mass is 10.1. The Morgan fingerprint density at radius 1 is 1.07 bits per heavy atom. The van der Waals surface area contributed by atoms with Crippen molar-refractivity contribution in [1.29, 1.82) is 0 Å². The van der Waals surface area contributed by atoms with Crippen molar-refractivity contribution in [2.75, 3.05) is 23.7 Å². The summed E-state index contributed by atoms with van der Waals surface area (Å²) in [5.41, 5.74) is 1.66. The number of anilines is 1. The number of hydrogen-bond acceptors (Lipinski definition) is 4. The summed E-state index contributed by atoms with van der Waals surface area (Å²) in [7, 11) is -3.60. The van der Waals surface area contributed by atoms with Gasteiger partial charge in [-0.25, -0.2) is 8.42 Å². The number of rotatable bonds is 11. The minimum absolute atomic E-state index is 0.284. The number of carbonyl (C=O) groups is 1. The largest absolute Gasteiger partial charge is 0.494 e. The molecule has 2 aromatic rings. The maximum atomic E-state index is 12.7. The molecule has 2 aromatic carbocycles. The summed E-state index contributed by atoms with van der Waals surface area (Å²) in [4.78, 5) is 12.7. The molecule has 2 rings (SSSR count). The quantitative estimate of drug-likeness (QED) is 0.568. The van der Waals surface area contributed by atoms with Gasteiger partial charge in [-0.1, -0.05) is 37.3 Å². The van der Waals surface area contributed by atoms with Crippen molar-refractivity contribution in [2.45, 2.75) is 39.2 Å². The van der Waals surface area contributed by atoms with Crippen LogP contribution in [0.1, 0.15) is 32.3 Å². The van der Waals surface area contributed by atoms with Gasteiger partial charge in [0.2, 0.25) is 15.9 Å². The van der Waals surface area contributed by atoms with E-state index in [0.717, 1.165) is 30.4 Å². The lowest BCUT2D eigenvalue weighted by molar-refractivity contribution is -0.122. The van der Waals surface area contributed by atoms with Crippen LogP contribution >= 0.6 is 0 Å². The molecule has 0 aromatic heterocycles. The Kier molecular flexibility index (Phi) is 8.51. The molecule has 7 heteroatoms. The molecule has 0 aliphatic heterocycles. The summed E-state index contributed by atoms with van der Waals surface area (Å²) in [6.45, 7) is 4.88. The molecule has 0 saturated carbocycles. The molecule has 0 aliphatic rings. The highest BCUT2D eigenvalue weighted by molar-refractivity contribution is 7.92. The van der Waals surface area contributed by atoms with Crippen LogP contribution < -0.4 is 14.4 Å². The summed E-state index contributed by atoms with van der Waals surface area (Å²) in [5.74, 6) is 0.561. The number of carbonyl (C=O) groups excluding carboxylic acids is 1. The fraction of sp³-hybridized carbons (Fsp3) is 0.409. The first-order valence-electron chi connectivity index (χ1n) is 9.90. The van der Waals surface area contributed by atoms with Gasteiger partial charge in [-0.05, 0) is 56.0 Å². The first kappa shape index (κ1) is 22.7. The van der Waals surface area contributed by atoms with Crippen LogP contribution in [-0.4, -0.2) is 39.8 Å². The Bertz CT molecular complexity index is 867. The van der Waals surface area contributed by atoms with E-state index in [9.17, 15) is 13.2 Å². The van der Waals surface area contributed by atoms with E-state index in [0.29, 0.717) is 25.3 Å². The molecule has 0 bridgehead atoms. The highest BCUT2D eigenvalue weighted by Gasteiger charge is 2.31. The first-order chi connectivity index (χ1) is 13.9. The normalized spacial score (nSPS) is 12.2. The Morgan fingerprint density at radius 3 is 2.28 bits per heavy atom. The zero-order valence-electron chi connectivity index (χ0n) is 17.3. The van der Waals surface area contributed by atoms with Crippen LogP contribution in [0.4, 0.5) is 5.69 Å². The molecule has 1 amide bonds. The Morgan fingerprint density at radius 2 is 1.72 bits per heavy atom. The van der Waals surface area contributed by atoms with Gasteiger partial charge in [0.15, 0.2) is 0 Å². The van der Waals surface area contributed by atoms with E-state index in [1.807, 2.05) is 44.2 Å². The molecule has 6 nitrogen and oxygen atoms in total. The van der Waals surface area contributed by atoms with Crippen LogP contribution in [0.25, 0.3) is 0 Å². The number of para-hydroxylation sites is 1. The molecule has 0 saturated heterocycles. The van der Waals surface area contributed by atoms with E-state index < -0.39 is 16.1 Å². The van der Waals surface area contributed by atoms with E-state index in [1.165, 1.54) is 4.31 Å². The molecular weight excluding hydrogens is 388 g/mol. The molecule has 1 N–H and O–H groups in total. The van der Waals surface area contributed by atoms with Gasteiger partial charge in [-0.3, -0.25) is 9.10 Å². The minimum Gasteiger partial charge on any atom is -0.494 e. The topological polar surface area (TPSA) is 75.7 Å². The number of aryl methyl sites for hydroxylation is 1. The van der Waals surface area contributed by atoms with E-state index in [-0.39, 0.29) is 5.91 Å². The van der Waals surface area contributed by atoms with Crippen LogP contribution in [0.2, 0.25) is 0 Å². The van der Waals surface area contributed by atoms with Crippen molar-refractivity contribution < 1.29 is 17.9 Å². The molecule has 0 spiro atoms. The summed E-state index contributed by atoms with van der Waals surface area (Å²) in [6, 6.07) is 15.9. The highest BCUT2D eigenvalue weighted by atomic mass is 32.2. The van der Waals surface area contributed by atoms with Crippen LogP contribution in [0.5, 0.6) is 5.75 Å². The average molecular weight is 419 g/mol. The number of nitrogens with one attached hydrogen (secondary N) is 1. The summed E-state index contributed by atoms with van der Waals surface area (Å²) >= 11 is 0. The predicted molar refractivity (Wildman–Crippen MR) is 117 cm³/mol. The molecule has 0 radical (unpaired) electrons. The Labute approximate surface area is 173 Å². The molecule has 158 valence electrons. The Hall–Kier alpha value is -2.54. The van der Waals surface area contributed by atoms with Gasteiger partial charge in [0.05, 0.1) is 18.6 Å². The summed E-state index contributed by atoms with van der Waals surface area (Å²) in [6.07, 6.45) is 3.09. The average Bonchev–Trinajstić information content (AvgIpc) is 2.70. The van der Waals surface area contributed by atoms with Gasteiger partial charge in [0.1, 0.15) is 11.8 Å². The van der Waals surface area contributed by atoms with E-state index >= 15 is 0 Å². The van der Waals surface area contributed by atoms with E-state index in [4.69, 9.17) is 4.74 Å². The smallest absolute Gasteiger partial charge is 0.243 e. The second kappa shape index (κ2) is 10.9. The second-order valence-corrected chi connectivity index (χ2v) is 8.65. The molecule has 29 heavy (non-hydrogen) atoms. The van der Waals surface area contributed by atoms with Crippen molar-refractivity contribution >= 4 is 21.6 Å². The fourth-order valence-electron chi connectivity index (χ4n) is 3.18. The van der Waals surface area contributed by atoms with E-state index in [1.54, 1.807) is 24.3 Å². The van der Waals surface area contributed by atoms with Crippen molar-refractivity contribution in [2.24, 2.45) is 0 Å². The van der Waals surface area contributed by atoms with Crippen LogP contribution in [0, 0.1) is 0 Å². The molecule has 0 fully saturated rings. The predicted octanol–water partition coefficient (Wildman–Crippen LogP) is 3.38. The van der Waals surface area contributed by atoms with E-state index in [2.05, 4.69) is 5.32 Å². The standard InChI is InChI=1S/C22H30N2O4S/c1-4-21(24(29(3,26)27)19-11-7-6-8-12-19)22(25)23-17-9-10-18-13-15-20(16-14-18)28-5-2/h6-8,11-16,21H,4-5,9-10,17H2,1-3H3,(H,23,25). The summed E-state index contributed by atoms with van der Waals surface area (Å²) < 4.78 is 31.4. The van der Waals surface area contributed by atoms with Gasteiger partial charge in [0, 0.05) is 6.54 Å². The SMILES string of the molecule is CCOc1ccc(CCCNC(=O)C(CC)N(c2ccccc2)S(C)(=O)=O)cc1. The van der Waals surface area contributed by atoms with Crippen LogP contribution in [-0.2, 0) is 21.2 Å². The Balaban J connectivity index is 1.94.